The van der Waals surface area contributed by atoms with Gasteiger partial charge in [-0.1, -0.05) is 12.1 Å². The third kappa shape index (κ3) is 2.72. The van der Waals surface area contributed by atoms with Crippen LogP contribution in [-0.2, 0) is 11.3 Å². The molecule has 0 saturated heterocycles. The molecule has 2 saturated carbocycles. The highest BCUT2D eigenvalue weighted by Gasteiger charge is 2.89. The molecule has 0 spiro atoms. The van der Waals surface area contributed by atoms with Gasteiger partial charge >= 0.3 is 0 Å². The molecule has 2 N–H and O–H groups in total. The summed E-state index contributed by atoms with van der Waals surface area (Å²) < 4.78 is 43.6. The number of hydrogen-bond donors (Lipinski definition) is 2. The Labute approximate surface area is 184 Å². The van der Waals surface area contributed by atoms with E-state index in [1.165, 1.54) is 10.7 Å². The summed E-state index contributed by atoms with van der Waals surface area (Å²) >= 11 is 0. The molecular formula is C23H14F3N5O2. The van der Waals surface area contributed by atoms with Crippen molar-refractivity contribution < 1.29 is 22.8 Å². The van der Waals surface area contributed by atoms with Crippen molar-refractivity contribution in [1.82, 2.24) is 15.1 Å². The minimum absolute atomic E-state index is 0.0809. The van der Waals surface area contributed by atoms with E-state index in [1.807, 2.05) is 6.07 Å². The fraction of sp³-hybridized carbons (Fsp3) is 0.217. The molecule has 3 aliphatic rings. The number of halogens is 3. The smallest absolute Gasteiger partial charge is 0.275 e. The molecule has 2 aliphatic carbocycles. The predicted octanol–water partition coefficient (Wildman–Crippen LogP) is 2.68. The average Bonchev–Trinajstić information content (AvgIpc) is 3.65. The second-order valence-electron chi connectivity index (χ2n) is 8.54. The maximum atomic E-state index is 14.5. The number of hydrogen-bond acceptors (Lipinski definition) is 4. The number of fused-ring (bicyclic) bond motifs is 4. The van der Waals surface area contributed by atoms with Gasteiger partial charge in [0.25, 0.3) is 11.8 Å². The summed E-state index contributed by atoms with van der Waals surface area (Å²) in [6.45, 7) is 0.138. The van der Waals surface area contributed by atoms with E-state index < -0.39 is 40.5 Å². The van der Waals surface area contributed by atoms with E-state index in [9.17, 15) is 22.8 Å². The lowest BCUT2D eigenvalue weighted by Gasteiger charge is -2.23. The summed E-state index contributed by atoms with van der Waals surface area (Å²) in [4.78, 5) is 25.6. The van der Waals surface area contributed by atoms with Gasteiger partial charge in [-0.2, -0.15) is 10.4 Å². The molecule has 2 aromatic carbocycles. The summed E-state index contributed by atoms with van der Waals surface area (Å²) in [6, 6.07) is 10.6. The number of nitriles is 1. The van der Waals surface area contributed by atoms with E-state index in [0.29, 0.717) is 22.8 Å². The van der Waals surface area contributed by atoms with Gasteiger partial charge in [-0.3, -0.25) is 14.3 Å². The van der Waals surface area contributed by atoms with Crippen LogP contribution in [0.4, 0.5) is 18.9 Å². The first-order valence-electron chi connectivity index (χ1n) is 10.2. The van der Waals surface area contributed by atoms with Crippen LogP contribution in [0.5, 0.6) is 0 Å². The summed E-state index contributed by atoms with van der Waals surface area (Å²) in [5, 5.41) is 18.0. The second kappa shape index (κ2) is 6.45. The molecule has 1 aromatic heterocycles. The Bertz CT molecular complexity index is 1420. The number of aromatic nitrogens is 2. The maximum Gasteiger partial charge on any atom is 0.275 e. The van der Waals surface area contributed by atoms with Gasteiger partial charge in [-0.25, -0.2) is 13.2 Å². The van der Waals surface area contributed by atoms with Crippen LogP contribution in [0.25, 0.3) is 0 Å². The number of rotatable bonds is 4. The van der Waals surface area contributed by atoms with Crippen molar-refractivity contribution in [1.29, 1.82) is 5.26 Å². The molecule has 164 valence electrons. The number of nitrogens with zero attached hydrogens (tertiary/aromatic N) is 3. The summed E-state index contributed by atoms with van der Waals surface area (Å²) in [5.41, 5.74) is -0.340. The van der Waals surface area contributed by atoms with Crippen LogP contribution >= 0.6 is 0 Å². The van der Waals surface area contributed by atoms with E-state index >= 15 is 0 Å². The topological polar surface area (TPSA) is 99.8 Å². The van der Waals surface area contributed by atoms with Gasteiger partial charge in [0.15, 0.2) is 11.5 Å². The standard InChI is InChI=1S/C23H14F3N5O2/c24-12-5-13-16-17-18(16)23(17,22(33)28-19(13)14(25)6-12)29-21(32)20-15(26)9-31(30-20)8-11-3-1-2-10(4-11)7-27/h1-6,9,16-18H,8H2,(H,28,33)(H,29,32)/t16?,17-,18?,23?/m1/s1. The fourth-order valence-corrected chi connectivity index (χ4v) is 5.12. The van der Waals surface area contributed by atoms with E-state index in [0.717, 1.165) is 6.20 Å². The maximum absolute atomic E-state index is 14.5. The zero-order valence-corrected chi connectivity index (χ0v) is 16.8. The molecule has 2 heterocycles. The number of carbonyl (C=O) groups is 2. The quantitative estimate of drug-likeness (QED) is 0.640. The van der Waals surface area contributed by atoms with Crippen molar-refractivity contribution in [2.75, 3.05) is 5.32 Å². The Hall–Kier alpha value is -4.13. The third-order valence-corrected chi connectivity index (χ3v) is 6.67. The highest BCUT2D eigenvalue weighted by atomic mass is 19.1. The average molecular weight is 449 g/mol. The van der Waals surface area contributed by atoms with E-state index in [1.54, 1.807) is 24.3 Å². The van der Waals surface area contributed by atoms with E-state index in [4.69, 9.17) is 5.26 Å². The molecule has 3 aromatic rings. The minimum Gasteiger partial charge on any atom is -0.336 e. The summed E-state index contributed by atoms with van der Waals surface area (Å²) in [5.74, 6) is -4.81. The summed E-state index contributed by atoms with van der Waals surface area (Å²) in [7, 11) is 0. The van der Waals surface area contributed by atoms with Crippen molar-refractivity contribution in [2.45, 2.75) is 18.0 Å². The number of benzene rings is 2. The third-order valence-electron chi connectivity index (χ3n) is 6.67. The van der Waals surface area contributed by atoms with Crippen molar-refractivity contribution >= 4 is 17.5 Å². The minimum atomic E-state index is -1.29. The SMILES string of the molecule is N#Cc1cccc(Cn2cc(F)c(C(=O)NC34C(=O)Nc5c(F)cc(F)cc5C5C3[C@@H]54)n2)c1. The van der Waals surface area contributed by atoms with Gasteiger partial charge in [0, 0.05) is 17.9 Å². The Morgan fingerprint density at radius 2 is 2.00 bits per heavy atom. The van der Waals surface area contributed by atoms with Crippen molar-refractivity contribution in [3.8, 4) is 6.07 Å². The first-order valence-corrected chi connectivity index (χ1v) is 10.2. The van der Waals surface area contributed by atoms with Gasteiger partial charge in [0.2, 0.25) is 0 Å². The predicted molar refractivity (Wildman–Crippen MR) is 107 cm³/mol. The molecule has 10 heteroatoms. The van der Waals surface area contributed by atoms with Gasteiger partial charge in [-0.15, -0.1) is 0 Å². The van der Waals surface area contributed by atoms with Crippen LogP contribution in [0.3, 0.4) is 0 Å². The number of anilines is 1. The van der Waals surface area contributed by atoms with Crippen LogP contribution in [0.15, 0.2) is 42.6 Å². The van der Waals surface area contributed by atoms with Gasteiger partial charge in [0.05, 0.1) is 30.1 Å². The Morgan fingerprint density at radius 3 is 2.76 bits per heavy atom. The fourth-order valence-electron chi connectivity index (χ4n) is 5.12. The lowest BCUT2D eigenvalue weighted by atomic mass is 9.92. The van der Waals surface area contributed by atoms with Crippen LogP contribution < -0.4 is 10.6 Å². The van der Waals surface area contributed by atoms with Crippen molar-refractivity contribution in [2.24, 2.45) is 11.8 Å². The van der Waals surface area contributed by atoms with Crippen LogP contribution in [-0.4, -0.2) is 27.1 Å². The molecule has 6 rings (SSSR count). The highest BCUT2D eigenvalue weighted by Crippen LogP contribution is 2.81. The molecule has 33 heavy (non-hydrogen) atoms. The number of amides is 2. The summed E-state index contributed by atoms with van der Waals surface area (Å²) in [6.07, 6.45) is 1.06. The monoisotopic (exact) mass is 449 g/mol. The largest absolute Gasteiger partial charge is 0.336 e. The van der Waals surface area contributed by atoms with E-state index in [-0.39, 0.29) is 30.0 Å². The van der Waals surface area contributed by atoms with Crippen LogP contribution in [0, 0.1) is 40.6 Å². The van der Waals surface area contributed by atoms with Gasteiger partial charge in [-0.05, 0) is 35.2 Å². The number of nitrogens with one attached hydrogen (secondary N) is 2. The molecule has 7 nitrogen and oxygen atoms in total. The Balaban J connectivity index is 1.22. The molecule has 2 fully saturated rings. The van der Waals surface area contributed by atoms with Gasteiger partial charge in [0.1, 0.15) is 17.2 Å². The second-order valence-corrected chi connectivity index (χ2v) is 8.54. The first-order chi connectivity index (χ1) is 15.8. The lowest BCUT2D eigenvalue weighted by molar-refractivity contribution is -0.120. The molecular weight excluding hydrogens is 435 g/mol. The van der Waals surface area contributed by atoms with Gasteiger partial charge < -0.3 is 10.6 Å². The highest BCUT2D eigenvalue weighted by molar-refractivity contribution is 6.10. The van der Waals surface area contributed by atoms with Crippen molar-refractivity contribution in [3.05, 3.63) is 82.4 Å². The molecule has 3 unspecified atom stereocenters. The molecule has 2 amide bonds. The number of carbonyl (C=O) groups excluding carboxylic acids is 2. The van der Waals surface area contributed by atoms with Crippen LogP contribution in [0.1, 0.15) is 33.1 Å². The molecule has 1 aliphatic heterocycles. The molecule has 0 bridgehead atoms. The van der Waals surface area contributed by atoms with Crippen molar-refractivity contribution in [3.63, 3.8) is 0 Å². The molecule has 0 radical (unpaired) electrons. The zero-order chi connectivity index (χ0) is 23.1. The Morgan fingerprint density at radius 1 is 1.21 bits per heavy atom. The first kappa shape index (κ1) is 19.5. The Kier molecular flexibility index (Phi) is 3.82. The zero-order valence-electron chi connectivity index (χ0n) is 16.8. The normalized spacial score (nSPS) is 25.8. The molecule has 4 atom stereocenters. The lowest BCUT2D eigenvalue weighted by Crippen LogP contribution is -2.52. The van der Waals surface area contributed by atoms with E-state index in [2.05, 4.69) is 15.7 Å². The van der Waals surface area contributed by atoms with Crippen LogP contribution in [0.2, 0.25) is 0 Å².